The van der Waals surface area contributed by atoms with E-state index in [1.54, 1.807) is 0 Å². The number of para-hydroxylation sites is 1. The van der Waals surface area contributed by atoms with Gasteiger partial charge < -0.3 is 0 Å². The Morgan fingerprint density at radius 3 is 2.44 bits per heavy atom. The van der Waals surface area contributed by atoms with Crippen LogP contribution in [0.3, 0.4) is 0 Å². The summed E-state index contributed by atoms with van der Waals surface area (Å²) in [5.41, 5.74) is -0.365. The number of rotatable bonds is 5. The number of hydrogen-bond acceptors (Lipinski definition) is 4. The van der Waals surface area contributed by atoms with E-state index in [-0.39, 0.29) is 6.54 Å². The maximum absolute atomic E-state index is 13.0. The quantitative estimate of drug-likeness (QED) is 0.725. The summed E-state index contributed by atoms with van der Waals surface area (Å²) in [6.45, 7) is -0.0334. The Bertz CT molecular complexity index is 965. The van der Waals surface area contributed by atoms with Crippen molar-refractivity contribution in [1.29, 1.82) is 0 Å². The molecule has 0 atom stereocenters. The van der Waals surface area contributed by atoms with Crippen molar-refractivity contribution in [1.82, 2.24) is 9.71 Å². The molecule has 0 saturated heterocycles. The SMILES string of the molecule is O=S(=O)(NCCc1nc2ccccc2s1)c1ccccc1C(F)(F)F. The van der Waals surface area contributed by atoms with E-state index in [1.807, 2.05) is 24.3 Å². The summed E-state index contributed by atoms with van der Waals surface area (Å²) in [5, 5.41) is 0.716. The second-order valence-corrected chi connectivity index (χ2v) is 8.07. The highest BCUT2D eigenvalue weighted by Crippen LogP contribution is 2.33. The van der Waals surface area contributed by atoms with Crippen LogP contribution in [0.15, 0.2) is 53.4 Å². The second-order valence-electron chi connectivity index (χ2n) is 5.22. The summed E-state index contributed by atoms with van der Waals surface area (Å²) in [5.74, 6) is 0. The largest absolute Gasteiger partial charge is 0.417 e. The maximum atomic E-state index is 13.0. The lowest BCUT2D eigenvalue weighted by Gasteiger charge is -2.13. The van der Waals surface area contributed by atoms with Crippen LogP contribution >= 0.6 is 11.3 Å². The Balaban J connectivity index is 1.74. The van der Waals surface area contributed by atoms with Gasteiger partial charge in [0.25, 0.3) is 0 Å². The first-order valence-corrected chi connectivity index (χ1v) is 9.58. The third kappa shape index (κ3) is 4.00. The monoisotopic (exact) mass is 386 g/mol. The van der Waals surface area contributed by atoms with E-state index in [2.05, 4.69) is 9.71 Å². The Hall–Kier alpha value is -1.97. The smallest absolute Gasteiger partial charge is 0.241 e. The molecule has 132 valence electrons. The summed E-state index contributed by atoms with van der Waals surface area (Å²) in [7, 11) is -4.27. The number of hydrogen-bond donors (Lipinski definition) is 1. The molecule has 0 bridgehead atoms. The maximum Gasteiger partial charge on any atom is 0.417 e. The van der Waals surface area contributed by atoms with Crippen LogP contribution in [-0.2, 0) is 22.6 Å². The van der Waals surface area contributed by atoms with Crippen molar-refractivity contribution in [3.63, 3.8) is 0 Å². The van der Waals surface area contributed by atoms with Crippen molar-refractivity contribution >= 4 is 31.6 Å². The van der Waals surface area contributed by atoms with E-state index < -0.39 is 26.7 Å². The highest BCUT2D eigenvalue weighted by molar-refractivity contribution is 7.89. The Morgan fingerprint density at radius 2 is 1.72 bits per heavy atom. The zero-order valence-electron chi connectivity index (χ0n) is 12.7. The van der Waals surface area contributed by atoms with E-state index in [9.17, 15) is 21.6 Å². The molecule has 2 aromatic carbocycles. The molecule has 1 N–H and O–H groups in total. The van der Waals surface area contributed by atoms with Crippen LogP contribution in [0.4, 0.5) is 13.2 Å². The molecule has 4 nitrogen and oxygen atoms in total. The third-order valence-corrected chi connectivity index (χ3v) is 6.07. The molecule has 0 aliphatic rings. The zero-order valence-corrected chi connectivity index (χ0v) is 14.4. The molecule has 9 heteroatoms. The second kappa shape index (κ2) is 6.74. The molecule has 0 spiro atoms. The van der Waals surface area contributed by atoms with Crippen molar-refractivity contribution in [2.24, 2.45) is 0 Å². The summed E-state index contributed by atoms with van der Waals surface area (Å²) >= 11 is 1.43. The summed E-state index contributed by atoms with van der Waals surface area (Å²) in [6, 6.07) is 11.6. The highest BCUT2D eigenvalue weighted by atomic mass is 32.2. The van der Waals surface area contributed by atoms with Gasteiger partial charge in [-0.15, -0.1) is 11.3 Å². The van der Waals surface area contributed by atoms with Crippen LogP contribution in [-0.4, -0.2) is 19.9 Å². The fourth-order valence-electron chi connectivity index (χ4n) is 2.33. The normalized spacial score (nSPS) is 12.6. The predicted molar refractivity (Wildman–Crippen MR) is 90.0 cm³/mol. The molecule has 1 aromatic heterocycles. The zero-order chi connectivity index (χ0) is 18.1. The van der Waals surface area contributed by atoms with Gasteiger partial charge in [0.15, 0.2) is 0 Å². The minimum absolute atomic E-state index is 0.0334. The molecule has 0 aliphatic heterocycles. The van der Waals surface area contributed by atoms with Gasteiger partial charge in [-0.25, -0.2) is 18.1 Å². The first-order chi connectivity index (χ1) is 11.8. The third-order valence-electron chi connectivity index (χ3n) is 3.45. The Labute approximate surface area is 146 Å². The lowest BCUT2D eigenvalue weighted by Crippen LogP contribution is -2.28. The molecule has 0 radical (unpaired) electrons. The van der Waals surface area contributed by atoms with Gasteiger partial charge in [-0.2, -0.15) is 13.2 Å². The Kier molecular flexibility index (Phi) is 4.81. The summed E-state index contributed by atoms with van der Waals surface area (Å²) in [4.78, 5) is 3.59. The number of sulfonamides is 1. The van der Waals surface area contributed by atoms with Gasteiger partial charge in [-0.3, -0.25) is 0 Å². The van der Waals surface area contributed by atoms with Gasteiger partial charge in [0, 0.05) is 13.0 Å². The predicted octanol–water partition coefficient (Wildman–Crippen LogP) is 3.84. The molecule has 0 unspecified atom stereocenters. The van der Waals surface area contributed by atoms with Gasteiger partial charge in [0.05, 0.1) is 25.7 Å². The summed E-state index contributed by atoms with van der Waals surface area (Å²) < 4.78 is 66.6. The number of halogens is 3. The first kappa shape index (κ1) is 17.8. The van der Waals surface area contributed by atoms with Crippen LogP contribution in [0.25, 0.3) is 10.2 Å². The van der Waals surface area contributed by atoms with Crippen molar-refractivity contribution in [3.05, 3.63) is 59.1 Å². The van der Waals surface area contributed by atoms with Crippen LogP contribution in [0.2, 0.25) is 0 Å². The van der Waals surface area contributed by atoms with E-state index in [0.29, 0.717) is 11.4 Å². The van der Waals surface area contributed by atoms with Gasteiger partial charge in [-0.05, 0) is 24.3 Å². The average molecular weight is 386 g/mol. The number of aromatic nitrogens is 1. The molecule has 1 heterocycles. The molecule has 0 aliphatic carbocycles. The molecule has 25 heavy (non-hydrogen) atoms. The van der Waals surface area contributed by atoms with Gasteiger partial charge in [-0.1, -0.05) is 24.3 Å². The number of fused-ring (bicyclic) bond motifs is 1. The van der Waals surface area contributed by atoms with Gasteiger partial charge >= 0.3 is 6.18 Å². The average Bonchev–Trinajstić information content (AvgIpc) is 2.96. The van der Waals surface area contributed by atoms with Gasteiger partial charge in [0.2, 0.25) is 10.0 Å². The topological polar surface area (TPSA) is 59.1 Å². The van der Waals surface area contributed by atoms with E-state index >= 15 is 0 Å². The molecule has 3 aromatic rings. The van der Waals surface area contributed by atoms with Crippen LogP contribution < -0.4 is 4.72 Å². The van der Waals surface area contributed by atoms with Gasteiger partial charge in [0.1, 0.15) is 0 Å². The van der Waals surface area contributed by atoms with Crippen molar-refractivity contribution < 1.29 is 21.6 Å². The molecular formula is C16H13F3N2O2S2. The number of benzene rings is 2. The van der Waals surface area contributed by atoms with Crippen LogP contribution in [0.5, 0.6) is 0 Å². The molecule has 0 saturated carbocycles. The van der Waals surface area contributed by atoms with Crippen LogP contribution in [0.1, 0.15) is 10.6 Å². The lowest BCUT2D eigenvalue weighted by atomic mass is 10.2. The highest BCUT2D eigenvalue weighted by Gasteiger charge is 2.36. The minimum atomic E-state index is -4.74. The molecular weight excluding hydrogens is 373 g/mol. The van der Waals surface area contributed by atoms with E-state index in [1.165, 1.54) is 17.4 Å². The standard InChI is InChI=1S/C16H13F3N2O2S2/c17-16(18,19)11-5-1-4-8-14(11)25(22,23)20-10-9-15-21-12-6-2-3-7-13(12)24-15/h1-8,20H,9-10H2. The van der Waals surface area contributed by atoms with Crippen molar-refractivity contribution in [2.75, 3.05) is 6.54 Å². The Morgan fingerprint density at radius 1 is 1.04 bits per heavy atom. The van der Waals surface area contributed by atoms with E-state index in [0.717, 1.165) is 28.4 Å². The summed E-state index contributed by atoms with van der Waals surface area (Å²) in [6.07, 6.45) is -4.44. The van der Waals surface area contributed by atoms with E-state index in [4.69, 9.17) is 0 Å². The fourth-order valence-corrected chi connectivity index (χ4v) is 4.56. The fraction of sp³-hybridized carbons (Fsp3) is 0.188. The number of thiazole rings is 1. The first-order valence-electron chi connectivity index (χ1n) is 7.28. The van der Waals surface area contributed by atoms with Crippen LogP contribution in [0, 0.1) is 0 Å². The number of alkyl halides is 3. The van der Waals surface area contributed by atoms with Crippen molar-refractivity contribution in [3.8, 4) is 0 Å². The number of nitrogens with zero attached hydrogens (tertiary/aromatic N) is 1. The molecule has 0 fully saturated rings. The van der Waals surface area contributed by atoms with Crippen molar-refractivity contribution in [2.45, 2.75) is 17.5 Å². The lowest BCUT2D eigenvalue weighted by molar-refractivity contribution is -0.139. The number of nitrogens with one attached hydrogen (secondary N) is 1. The molecule has 3 rings (SSSR count). The molecule has 0 amide bonds. The minimum Gasteiger partial charge on any atom is -0.241 e.